The quantitative estimate of drug-likeness (QED) is 0.362. The molecule has 1 saturated heterocycles. The van der Waals surface area contributed by atoms with Gasteiger partial charge in [-0.1, -0.05) is 0 Å². The molecule has 1 aliphatic heterocycles. The first-order chi connectivity index (χ1) is 8.30. The van der Waals surface area contributed by atoms with Crippen LogP contribution in [0.2, 0.25) is 0 Å². The SMILES string of the molecule is NC(=O)C1CNCCNCCCNCCNC1. The second-order valence-electron chi connectivity index (χ2n) is 4.36. The molecule has 0 aromatic carbocycles. The van der Waals surface area contributed by atoms with Crippen molar-refractivity contribution in [1.29, 1.82) is 0 Å². The largest absolute Gasteiger partial charge is 0.369 e. The molecule has 1 amide bonds. The summed E-state index contributed by atoms with van der Waals surface area (Å²) in [5.74, 6) is -0.365. The molecule has 6 N–H and O–H groups in total. The van der Waals surface area contributed by atoms with Crippen molar-refractivity contribution in [2.45, 2.75) is 6.42 Å². The number of nitrogens with two attached hydrogens (primary N) is 1. The molecule has 0 saturated carbocycles. The van der Waals surface area contributed by atoms with E-state index in [9.17, 15) is 4.79 Å². The fourth-order valence-corrected chi connectivity index (χ4v) is 1.77. The number of hydrogen-bond donors (Lipinski definition) is 5. The normalized spacial score (nSPS) is 22.8. The lowest BCUT2D eigenvalue weighted by molar-refractivity contribution is -0.121. The average molecular weight is 243 g/mol. The van der Waals surface area contributed by atoms with Crippen molar-refractivity contribution in [1.82, 2.24) is 21.3 Å². The van der Waals surface area contributed by atoms with Crippen LogP contribution < -0.4 is 27.0 Å². The molecular formula is C11H25N5O. The molecule has 1 heterocycles. The summed E-state index contributed by atoms with van der Waals surface area (Å²) in [6.07, 6.45) is 1.14. The van der Waals surface area contributed by atoms with Gasteiger partial charge in [0.1, 0.15) is 0 Å². The molecule has 1 fully saturated rings. The van der Waals surface area contributed by atoms with E-state index < -0.39 is 0 Å². The first-order valence-corrected chi connectivity index (χ1v) is 6.43. The smallest absolute Gasteiger partial charge is 0.223 e. The molecule has 0 aliphatic carbocycles. The van der Waals surface area contributed by atoms with E-state index in [2.05, 4.69) is 21.3 Å². The minimum Gasteiger partial charge on any atom is -0.369 e. The first-order valence-electron chi connectivity index (χ1n) is 6.43. The molecule has 0 spiro atoms. The first kappa shape index (κ1) is 14.4. The lowest BCUT2D eigenvalue weighted by Gasteiger charge is -2.16. The van der Waals surface area contributed by atoms with Crippen LogP contribution >= 0.6 is 0 Å². The highest BCUT2D eigenvalue weighted by Gasteiger charge is 2.13. The molecular weight excluding hydrogens is 218 g/mol. The Hall–Kier alpha value is -0.690. The van der Waals surface area contributed by atoms with E-state index in [4.69, 9.17) is 5.73 Å². The maximum Gasteiger partial charge on any atom is 0.223 e. The number of nitrogens with one attached hydrogen (secondary N) is 4. The van der Waals surface area contributed by atoms with Crippen LogP contribution in [0, 0.1) is 5.92 Å². The minimum atomic E-state index is -0.238. The van der Waals surface area contributed by atoms with E-state index in [1.807, 2.05) is 0 Å². The van der Waals surface area contributed by atoms with Crippen LogP contribution in [0.4, 0.5) is 0 Å². The maximum atomic E-state index is 11.2. The highest BCUT2D eigenvalue weighted by atomic mass is 16.1. The Bertz CT molecular complexity index is 198. The fraction of sp³-hybridized carbons (Fsp3) is 0.909. The number of carbonyl (C=O) groups is 1. The Morgan fingerprint density at radius 1 is 0.824 bits per heavy atom. The van der Waals surface area contributed by atoms with Crippen molar-refractivity contribution in [3.8, 4) is 0 Å². The van der Waals surface area contributed by atoms with Gasteiger partial charge in [-0.2, -0.15) is 0 Å². The predicted octanol–water partition coefficient (Wildman–Crippen LogP) is -2.15. The van der Waals surface area contributed by atoms with E-state index in [-0.39, 0.29) is 11.8 Å². The van der Waals surface area contributed by atoms with Gasteiger partial charge >= 0.3 is 0 Å². The molecule has 1 aliphatic rings. The molecule has 0 atom stereocenters. The molecule has 6 nitrogen and oxygen atoms in total. The van der Waals surface area contributed by atoms with E-state index in [1.54, 1.807) is 0 Å². The topological polar surface area (TPSA) is 91.2 Å². The highest BCUT2D eigenvalue weighted by Crippen LogP contribution is 1.91. The predicted molar refractivity (Wildman–Crippen MR) is 68.8 cm³/mol. The van der Waals surface area contributed by atoms with Gasteiger partial charge < -0.3 is 27.0 Å². The van der Waals surface area contributed by atoms with Gasteiger partial charge in [-0.15, -0.1) is 0 Å². The van der Waals surface area contributed by atoms with Crippen molar-refractivity contribution < 1.29 is 4.79 Å². The number of rotatable bonds is 1. The van der Waals surface area contributed by atoms with Gasteiger partial charge in [0.15, 0.2) is 0 Å². The molecule has 0 aromatic rings. The van der Waals surface area contributed by atoms with Gasteiger partial charge in [0.05, 0.1) is 5.92 Å². The molecule has 1 rings (SSSR count). The van der Waals surface area contributed by atoms with Crippen LogP contribution in [0.25, 0.3) is 0 Å². The van der Waals surface area contributed by atoms with Gasteiger partial charge in [-0.25, -0.2) is 0 Å². The molecule has 0 bridgehead atoms. The summed E-state index contributed by atoms with van der Waals surface area (Å²) in [6, 6.07) is 0. The third kappa shape index (κ3) is 7.27. The van der Waals surface area contributed by atoms with Gasteiger partial charge in [0.25, 0.3) is 0 Å². The molecule has 100 valence electrons. The van der Waals surface area contributed by atoms with Crippen LogP contribution in [0.3, 0.4) is 0 Å². The summed E-state index contributed by atoms with van der Waals surface area (Å²) in [7, 11) is 0. The van der Waals surface area contributed by atoms with Crippen molar-refractivity contribution in [3.63, 3.8) is 0 Å². The van der Waals surface area contributed by atoms with Gasteiger partial charge in [0.2, 0.25) is 5.91 Å². The number of carbonyl (C=O) groups excluding carboxylic acids is 1. The zero-order valence-electron chi connectivity index (χ0n) is 10.4. The van der Waals surface area contributed by atoms with Gasteiger partial charge in [-0.05, 0) is 19.5 Å². The fourth-order valence-electron chi connectivity index (χ4n) is 1.77. The molecule has 0 radical (unpaired) electrons. The summed E-state index contributed by atoms with van der Waals surface area (Å²) in [5, 5.41) is 13.2. The molecule has 0 aromatic heterocycles. The second kappa shape index (κ2) is 9.35. The number of hydrogen-bond acceptors (Lipinski definition) is 5. The van der Waals surface area contributed by atoms with Crippen LogP contribution in [-0.2, 0) is 4.79 Å². The van der Waals surface area contributed by atoms with E-state index in [1.165, 1.54) is 0 Å². The monoisotopic (exact) mass is 243 g/mol. The Balaban J connectivity index is 2.26. The Labute approximate surface area is 103 Å². The Kier molecular flexibility index (Phi) is 7.91. The average Bonchev–Trinajstić information content (AvgIpc) is 2.31. The van der Waals surface area contributed by atoms with Crippen LogP contribution in [0.15, 0.2) is 0 Å². The van der Waals surface area contributed by atoms with Gasteiger partial charge in [0, 0.05) is 39.3 Å². The van der Waals surface area contributed by atoms with Crippen molar-refractivity contribution in [2.24, 2.45) is 11.7 Å². The standard InChI is InChI=1S/C11H25N5O/c12-11(17)10-8-15-6-4-13-2-1-3-14-5-7-16-9-10/h10,13-16H,1-9H2,(H2,12,17). The Morgan fingerprint density at radius 3 is 1.76 bits per heavy atom. The number of amides is 1. The van der Waals surface area contributed by atoms with Crippen molar-refractivity contribution in [2.75, 3.05) is 52.4 Å². The van der Waals surface area contributed by atoms with E-state index >= 15 is 0 Å². The Morgan fingerprint density at radius 2 is 1.29 bits per heavy atom. The minimum absolute atomic E-state index is 0.127. The number of primary amides is 1. The summed E-state index contributed by atoms with van der Waals surface area (Å²) >= 11 is 0. The highest BCUT2D eigenvalue weighted by molar-refractivity contribution is 5.77. The zero-order chi connectivity index (χ0) is 12.3. The second-order valence-corrected chi connectivity index (χ2v) is 4.36. The zero-order valence-corrected chi connectivity index (χ0v) is 10.4. The lowest BCUT2D eigenvalue weighted by Crippen LogP contribution is -2.43. The summed E-state index contributed by atoms with van der Waals surface area (Å²) in [4.78, 5) is 11.2. The summed E-state index contributed by atoms with van der Waals surface area (Å²) < 4.78 is 0. The van der Waals surface area contributed by atoms with E-state index in [0.717, 1.165) is 45.7 Å². The van der Waals surface area contributed by atoms with Crippen LogP contribution in [-0.4, -0.2) is 58.3 Å². The summed E-state index contributed by atoms with van der Waals surface area (Å²) in [6.45, 7) is 6.96. The van der Waals surface area contributed by atoms with E-state index in [0.29, 0.717) is 13.1 Å². The van der Waals surface area contributed by atoms with Crippen molar-refractivity contribution in [3.05, 3.63) is 0 Å². The van der Waals surface area contributed by atoms with Crippen LogP contribution in [0.1, 0.15) is 6.42 Å². The maximum absolute atomic E-state index is 11.2. The van der Waals surface area contributed by atoms with Crippen LogP contribution in [0.5, 0.6) is 0 Å². The molecule has 0 unspecified atom stereocenters. The third-order valence-corrected chi connectivity index (χ3v) is 2.85. The molecule has 6 heteroatoms. The van der Waals surface area contributed by atoms with Gasteiger partial charge in [-0.3, -0.25) is 4.79 Å². The third-order valence-electron chi connectivity index (χ3n) is 2.85. The lowest BCUT2D eigenvalue weighted by atomic mass is 10.1. The summed E-state index contributed by atoms with van der Waals surface area (Å²) in [5.41, 5.74) is 5.35. The molecule has 17 heavy (non-hydrogen) atoms. The van der Waals surface area contributed by atoms with Crippen molar-refractivity contribution >= 4 is 5.91 Å².